The van der Waals surface area contributed by atoms with Gasteiger partial charge in [0.1, 0.15) is 0 Å². The number of likely N-dealkylation sites (tertiary alicyclic amines) is 1. The van der Waals surface area contributed by atoms with Crippen molar-refractivity contribution < 1.29 is 4.79 Å². The van der Waals surface area contributed by atoms with Crippen molar-refractivity contribution in [2.75, 3.05) is 32.7 Å². The lowest BCUT2D eigenvalue weighted by atomic mass is 10.0. The lowest BCUT2D eigenvalue weighted by Gasteiger charge is -2.24. The number of carbonyl (C=O) groups excluding carboxylic acids is 1. The number of nitrogens with zero attached hydrogens (tertiary/aromatic N) is 1. The van der Waals surface area contributed by atoms with Crippen LogP contribution in [0.15, 0.2) is 0 Å². The number of fused-ring (bicyclic) bond motifs is 1. The summed E-state index contributed by atoms with van der Waals surface area (Å²) >= 11 is 0. The first-order chi connectivity index (χ1) is 8.08. The maximum atomic E-state index is 12.0. The predicted octanol–water partition coefficient (Wildman–Crippen LogP) is 0.298. The SMILES string of the molecule is CC(C)CNC(=O)C(C)N1C[C@H]2CNC[C@H]2C1. The van der Waals surface area contributed by atoms with E-state index in [0.29, 0.717) is 5.92 Å². The third kappa shape index (κ3) is 2.99. The zero-order chi connectivity index (χ0) is 12.4. The van der Waals surface area contributed by atoms with Gasteiger partial charge in [0, 0.05) is 19.6 Å². The van der Waals surface area contributed by atoms with Crippen LogP contribution in [0.5, 0.6) is 0 Å². The molecule has 3 atom stereocenters. The van der Waals surface area contributed by atoms with E-state index in [2.05, 4.69) is 29.4 Å². The minimum absolute atomic E-state index is 0.0272. The first-order valence-corrected chi connectivity index (χ1v) is 6.80. The predicted molar refractivity (Wildman–Crippen MR) is 68.7 cm³/mol. The van der Waals surface area contributed by atoms with Crippen LogP contribution in [0.1, 0.15) is 20.8 Å². The highest BCUT2D eigenvalue weighted by molar-refractivity contribution is 5.81. The van der Waals surface area contributed by atoms with E-state index in [1.54, 1.807) is 0 Å². The summed E-state index contributed by atoms with van der Waals surface area (Å²) in [5.41, 5.74) is 0. The number of hydrogen-bond donors (Lipinski definition) is 2. The fourth-order valence-electron chi connectivity index (χ4n) is 2.83. The molecule has 4 heteroatoms. The zero-order valence-corrected chi connectivity index (χ0v) is 11.2. The topological polar surface area (TPSA) is 44.4 Å². The molecule has 0 aromatic heterocycles. The van der Waals surface area contributed by atoms with Gasteiger partial charge in [-0.15, -0.1) is 0 Å². The fourth-order valence-corrected chi connectivity index (χ4v) is 2.83. The Morgan fingerprint density at radius 2 is 1.88 bits per heavy atom. The maximum absolute atomic E-state index is 12.0. The Kier molecular flexibility index (Phi) is 4.05. The molecule has 0 bridgehead atoms. The molecule has 2 aliphatic rings. The van der Waals surface area contributed by atoms with Crippen molar-refractivity contribution in [1.29, 1.82) is 0 Å². The van der Waals surface area contributed by atoms with Gasteiger partial charge in [0.25, 0.3) is 0 Å². The molecular weight excluding hydrogens is 214 g/mol. The molecule has 2 rings (SSSR count). The number of carbonyl (C=O) groups is 1. The van der Waals surface area contributed by atoms with E-state index in [9.17, 15) is 4.79 Å². The van der Waals surface area contributed by atoms with E-state index >= 15 is 0 Å². The second kappa shape index (κ2) is 5.36. The molecule has 1 unspecified atom stereocenters. The van der Waals surface area contributed by atoms with Crippen molar-refractivity contribution in [3.8, 4) is 0 Å². The first kappa shape index (κ1) is 12.8. The van der Waals surface area contributed by atoms with Gasteiger partial charge >= 0.3 is 0 Å². The summed E-state index contributed by atoms with van der Waals surface area (Å²) < 4.78 is 0. The average Bonchev–Trinajstić information content (AvgIpc) is 2.84. The van der Waals surface area contributed by atoms with Crippen LogP contribution in [0.25, 0.3) is 0 Å². The van der Waals surface area contributed by atoms with Crippen molar-refractivity contribution in [2.24, 2.45) is 17.8 Å². The second-order valence-corrected chi connectivity index (χ2v) is 5.95. The number of hydrogen-bond acceptors (Lipinski definition) is 3. The first-order valence-electron chi connectivity index (χ1n) is 6.80. The van der Waals surface area contributed by atoms with Crippen LogP contribution in [0.4, 0.5) is 0 Å². The van der Waals surface area contributed by atoms with E-state index in [4.69, 9.17) is 0 Å². The molecule has 0 aliphatic carbocycles. The molecule has 2 aliphatic heterocycles. The van der Waals surface area contributed by atoms with Crippen LogP contribution in [-0.4, -0.2) is 49.6 Å². The minimum Gasteiger partial charge on any atom is -0.354 e. The van der Waals surface area contributed by atoms with E-state index < -0.39 is 0 Å². The normalized spacial score (nSPS) is 30.6. The van der Waals surface area contributed by atoms with Gasteiger partial charge in [0.2, 0.25) is 5.91 Å². The molecule has 4 nitrogen and oxygen atoms in total. The molecule has 1 amide bonds. The quantitative estimate of drug-likeness (QED) is 0.741. The molecular formula is C13H25N3O. The standard InChI is InChI=1S/C13H25N3O/c1-9(2)4-15-13(17)10(3)16-7-11-5-14-6-12(11)8-16/h9-12,14H,4-8H2,1-3H3,(H,15,17)/t10?,11-,12+. The average molecular weight is 239 g/mol. The molecule has 2 saturated heterocycles. The largest absolute Gasteiger partial charge is 0.354 e. The summed E-state index contributed by atoms with van der Waals surface area (Å²) in [5.74, 6) is 2.23. The molecule has 2 fully saturated rings. The Balaban J connectivity index is 1.80. The number of nitrogens with one attached hydrogen (secondary N) is 2. The Bertz CT molecular complexity index is 268. The molecule has 2 heterocycles. The third-order valence-electron chi connectivity index (χ3n) is 4.03. The Morgan fingerprint density at radius 3 is 2.41 bits per heavy atom. The number of rotatable bonds is 4. The monoisotopic (exact) mass is 239 g/mol. The highest BCUT2D eigenvalue weighted by Gasteiger charge is 2.39. The van der Waals surface area contributed by atoms with E-state index in [1.807, 2.05) is 6.92 Å². The Labute approximate surface area is 104 Å². The van der Waals surface area contributed by atoms with Gasteiger partial charge < -0.3 is 10.6 Å². The van der Waals surface area contributed by atoms with Crippen molar-refractivity contribution in [3.63, 3.8) is 0 Å². The lowest BCUT2D eigenvalue weighted by molar-refractivity contribution is -0.125. The Hall–Kier alpha value is -0.610. The van der Waals surface area contributed by atoms with Crippen LogP contribution < -0.4 is 10.6 Å². The van der Waals surface area contributed by atoms with Gasteiger partial charge in [0.05, 0.1) is 6.04 Å². The van der Waals surface area contributed by atoms with Crippen LogP contribution in [0.2, 0.25) is 0 Å². The van der Waals surface area contributed by atoms with Crippen molar-refractivity contribution in [1.82, 2.24) is 15.5 Å². The van der Waals surface area contributed by atoms with Crippen molar-refractivity contribution >= 4 is 5.91 Å². The second-order valence-electron chi connectivity index (χ2n) is 5.95. The van der Waals surface area contributed by atoms with Crippen molar-refractivity contribution in [2.45, 2.75) is 26.8 Å². The molecule has 0 aromatic carbocycles. The molecule has 17 heavy (non-hydrogen) atoms. The minimum atomic E-state index is 0.0272. The molecule has 0 aromatic rings. The van der Waals surface area contributed by atoms with Gasteiger partial charge in [-0.1, -0.05) is 13.8 Å². The van der Waals surface area contributed by atoms with Gasteiger partial charge in [-0.2, -0.15) is 0 Å². The van der Waals surface area contributed by atoms with Gasteiger partial charge in [0.15, 0.2) is 0 Å². The molecule has 0 spiro atoms. The highest BCUT2D eigenvalue weighted by Crippen LogP contribution is 2.27. The van der Waals surface area contributed by atoms with Crippen LogP contribution >= 0.6 is 0 Å². The van der Waals surface area contributed by atoms with E-state index in [0.717, 1.165) is 44.6 Å². The zero-order valence-electron chi connectivity index (χ0n) is 11.2. The third-order valence-corrected chi connectivity index (χ3v) is 4.03. The van der Waals surface area contributed by atoms with E-state index in [1.165, 1.54) is 0 Å². The van der Waals surface area contributed by atoms with E-state index in [-0.39, 0.29) is 11.9 Å². The lowest BCUT2D eigenvalue weighted by Crippen LogP contribution is -2.45. The smallest absolute Gasteiger partial charge is 0.237 e. The molecule has 0 saturated carbocycles. The van der Waals surface area contributed by atoms with Gasteiger partial charge in [-0.25, -0.2) is 0 Å². The summed E-state index contributed by atoms with van der Waals surface area (Å²) in [7, 11) is 0. The van der Waals surface area contributed by atoms with Crippen molar-refractivity contribution in [3.05, 3.63) is 0 Å². The Morgan fingerprint density at radius 1 is 1.29 bits per heavy atom. The van der Waals surface area contributed by atoms with Crippen LogP contribution in [0.3, 0.4) is 0 Å². The maximum Gasteiger partial charge on any atom is 0.237 e. The fraction of sp³-hybridized carbons (Fsp3) is 0.923. The van der Waals surface area contributed by atoms with Crippen LogP contribution in [0, 0.1) is 17.8 Å². The summed E-state index contributed by atoms with van der Waals surface area (Å²) in [6, 6.07) is 0.0272. The van der Waals surface area contributed by atoms with Crippen LogP contribution in [-0.2, 0) is 4.79 Å². The van der Waals surface area contributed by atoms with Gasteiger partial charge in [-0.05, 0) is 37.8 Å². The molecule has 0 radical (unpaired) electrons. The molecule has 2 N–H and O–H groups in total. The van der Waals surface area contributed by atoms with Gasteiger partial charge in [-0.3, -0.25) is 9.69 Å². The summed E-state index contributed by atoms with van der Waals surface area (Å²) in [6.45, 7) is 11.5. The summed E-state index contributed by atoms with van der Waals surface area (Å²) in [4.78, 5) is 14.3. The summed E-state index contributed by atoms with van der Waals surface area (Å²) in [6.07, 6.45) is 0. The summed E-state index contributed by atoms with van der Waals surface area (Å²) in [5, 5.41) is 6.45. The number of amides is 1. The highest BCUT2D eigenvalue weighted by atomic mass is 16.2. The molecule has 98 valence electrons.